The fourth-order valence-corrected chi connectivity index (χ4v) is 0.561. The van der Waals surface area contributed by atoms with Crippen molar-refractivity contribution in [1.82, 2.24) is 5.32 Å². The smallest absolute Gasteiger partial charge is 0.0138 e. The van der Waals surface area contributed by atoms with Gasteiger partial charge < -0.3 is 5.32 Å². The summed E-state index contributed by atoms with van der Waals surface area (Å²) in [4.78, 5) is 0. The lowest BCUT2D eigenvalue weighted by molar-refractivity contribution is 0.802. The lowest BCUT2D eigenvalue weighted by Gasteiger charge is -1.93. The van der Waals surface area contributed by atoms with E-state index in [-0.39, 0.29) is 0 Å². The number of unbranched alkanes of at least 4 members (excludes halogenated alkanes) is 1. The van der Waals surface area contributed by atoms with Crippen molar-refractivity contribution in [3.63, 3.8) is 0 Å². The van der Waals surface area contributed by atoms with Crippen LogP contribution in [0.25, 0.3) is 0 Å². The van der Waals surface area contributed by atoms with E-state index in [2.05, 4.69) is 25.2 Å². The van der Waals surface area contributed by atoms with Crippen LogP contribution in [0.2, 0.25) is 0 Å². The average Bonchev–Trinajstić information content (AvgIpc) is 1.89. The second kappa shape index (κ2) is 7.54. The number of allylic oxidation sites excluding steroid dienone is 1. The second-order valence-corrected chi connectivity index (χ2v) is 2.15. The Morgan fingerprint density at radius 2 is 2.00 bits per heavy atom. The summed E-state index contributed by atoms with van der Waals surface area (Å²) >= 11 is 0. The number of rotatable bonds is 5. The molecule has 0 rings (SSSR count). The van der Waals surface area contributed by atoms with E-state index in [0.29, 0.717) is 0 Å². The molecule has 0 atom stereocenters. The molecule has 0 aromatic heterocycles. The largest absolute Gasteiger partial charge is 0.391 e. The third-order valence-electron chi connectivity index (χ3n) is 1.09. The Balaban J connectivity index is 2.86. The van der Waals surface area contributed by atoms with E-state index in [1.807, 2.05) is 6.20 Å². The minimum atomic E-state index is 1.10. The molecule has 0 amide bonds. The minimum Gasteiger partial charge on any atom is -0.391 e. The molecule has 0 bridgehead atoms. The summed E-state index contributed by atoms with van der Waals surface area (Å²) in [5, 5.41) is 3.19. The van der Waals surface area contributed by atoms with Gasteiger partial charge in [0.05, 0.1) is 0 Å². The predicted molar refractivity (Wildman–Crippen MR) is 42.3 cm³/mol. The van der Waals surface area contributed by atoms with Crippen LogP contribution >= 0.6 is 0 Å². The summed E-state index contributed by atoms with van der Waals surface area (Å²) in [6.07, 6.45) is 7.86. The van der Waals surface area contributed by atoms with Gasteiger partial charge in [-0.15, -0.1) is 0 Å². The van der Waals surface area contributed by atoms with Crippen molar-refractivity contribution >= 4 is 0 Å². The summed E-state index contributed by atoms with van der Waals surface area (Å²) in [5.41, 5.74) is 0. The van der Waals surface area contributed by atoms with Crippen LogP contribution < -0.4 is 5.32 Å². The molecule has 0 aliphatic rings. The lowest BCUT2D eigenvalue weighted by atomic mass is 10.3. The molecule has 0 unspecified atom stereocenters. The van der Waals surface area contributed by atoms with Gasteiger partial charge in [0, 0.05) is 6.54 Å². The molecular formula is C8H17N. The summed E-state index contributed by atoms with van der Waals surface area (Å²) in [6.45, 7) is 5.45. The molecule has 54 valence electrons. The third kappa shape index (κ3) is 7.54. The minimum absolute atomic E-state index is 1.10. The standard InChI is InChI=1S/C8H17N/c1-3-5-6-8-9-7-4-2/h6,8-9H,3-5,7H2,1-2H3/b8-6-. The lowest BCUT2D eigenvalue weighted by Crippen LogP contribution is -2.04. The van der Waals surface area contributed by atoms with Gasteiger partial charge in [0.25, 0.3) is 0 Å². The van der Waals surface area contributed by atoms with Gasteiger partial charge in [0.2, 0.25) is 0 Å². The van der Waals surface area contributed by atoms with Crippen LogP contribution in [0.1, 0.15) is 33.1 Å². The highest BCUT2D eigenvalue weighted by atomic mass is 14.8. The van der Waals surface area contributed by atoms with Gasteiger partial charge in [-0.25, -0.2) is 0 Å². The maximum Gasteiger partial charge on any atom is 0.0138 e. The van der Waals surface area contributed by atoms with E-state index in [9.17, 15) is 0 Å². The topological polar surface area (TPSA) is 12.0 Å². The first-order valence-corrected chi connectivity index (χ1v) is 3.80. The van der Waals surface area contributed by atoms with E-state index in [1.165, 1.54) is 19.3 Å². The fourth-order valence-electron chi connectivity index (χ4n) is 0.561. The van der Waals surface area contributed by atoms with Gasteiger partial charge >= 0.3 is 0 Å². The van der Waals surface area contributed by atoms with Crippen molar-refractivity contribution in [3.05, 3.63) is 12.3 Å². The van der Waals surface area contributed by atoms with Crippen LogP contribution in [0.15, 0.2) is 12.3 Å². The average molecular weight is 127 g/mol. The van der Waals surface area contributed by atoms with Crippen molar-refractivity contribution in [2.45, 2.75) is 33.1 Å². The molecule has 1 nitrogen and oxygen atoms in total. The molecule has 0 aromatic rings. The zero-order valence-electron chi connectivity index (χ0n) is 6.48. The predicted octanol–water partition coefficient (Wildman–Crippen LogP) is 2.30. The molecule has 0 spiro atoms. The molecule has 0 saturated heterocycles. The fraction of sp³-hybridized carbons (Fsp3) is 0.750. The molecule has 0 aromatic carbocycles. The zero-order valence-corrected chi connectivity index (χ0v) is 6.48. The monoisotopic (exact) mass is 127 g/mol. The Morgan fingerprint density at radius 3 is 2.56 bits per heavy atom. The quantitative estimate of drug-likeness (QED) is 0.559. The Hall–Kier alpha value is -0.460. The SMILES string of the molecule is CCC/C=C\NCCC. The Bertz CT molecular complexity index is 67.0. The van der Waals surface area contributed by atoms with E-state index >= 15 is 0 Å². The number of hydrogen-bond acceptors (Lipinski definition) is 1. The Labute approximate surface area is 58.2 Å². The van der Waals surface area contributed by atoms with Gasteiger partial charge in [-0.1, -0.05) is 26.3 Å². The Kier molecular flexibility index (Phi) is 7.15. The van der Waals surface area contributed by atoms with Crippen molar-refractivity contribution in [1.29, 1.82) is 0 Å². The first-order valence-electron chi connectivity index (χ1n) is 3.80. The van der Waals surface area contributed by atoms with Crippen LogP contribution in [0, 0.1) is 0 Å². The maximum absolute atomic E-state index is 3.19. The van der Waals surface area contributed by atoms with Crippen LogP contribution in [-0.2, 0) is 0 Å². The molecule has 1 N–H and O–H groups in total. The van der Waals surface area contributed by atoms with E-state index < -0.39 is 0 Å². The molecule has 0 aliphatic carbocycles. The highest BCUT2D eigenvalue weighted by molar-refractivity contribution is 4.77. The first kappa shape index (κ1) is 8.54. The van der Waals surface area contributed by atoms with Gasteiger partial charge in [0.15, 0.2) is 0 Å². The van der Waals surface area contributed by atoms with E-state index in [4.69, 9.17) is 0 Å². The van der Waals surface area contributed by atoms with Gasteiger partial charge in [0.1, 0.15) is 0 Å². The normalized spacial score (nSPS) is 10.4. The summed E-state index contributed by atoms with van der Waals surface area (Å²) in [5.74, 6) is 0. The molecular weight excluding hydrogens is 110 g/mol. The van der Waals surface area contributed by atoms with Crippen molar-refractivity contribution < 1.29 is 0 Å². The summed E-state index contributed by atoms with van der Waals surface area (Å²) in [7, 11) is 0. The molecule has 9 heavy (non-hydrogen) atoms. The highest BCUT2D eigenvalue weighted by Gasteiger charge is 1.73. The zero-order chi connectivity index (χ0) is 6.95. The molecule has 0 fully saturated rings. The first-order chi connectivity index (χ1) is 4.41. The van der Waals surface area contributed by atoms with Gasteiger partial charge in [-0.05, 0) is 19.0 Å². The van der Waals surface area contributed by atoms with E-state index in [1.54, 1.807) is 0 Å². The molecule has 1 heteroatoms. The number of hydrogen-bond donors (Lipinski definition) is 1. The number of nitrogens with one attached hydrogen (secondary N) is 1. The van der Waals surface area contributed by atoms with Gasteiger partial charge in [-0.2, -0.15) is 0 Å². The molecule has 0 radical (unpaired) electrons. The van der Waals surface area contributed by atoms with Crippen molar-refractivity contribution in [3.8, 4) is 0 Å². The van der Waals surface area contributed by atoms with Crippen LogP contribution in [0.3, 0.4) is 0 Å². The highest BCUT2D eigenvalue weighted by Crippen LogP contribution is 1.85. The summed E-state index contributed by atoms with van der Waals surface area (Å²) in [6, 6.07) is 0. The van der Waals surface area contributed by atoms with Gasteiger partial charge in [-0.3, -0.25) is 0 Å². The van der Waals surface area contributed by atoms with Crippen LogP contribution in [0.4, 0.5) is 0 Å². The van der Waals surface area contributed by atoms with Crippen LogP contribution in [0.5, 0.6) is 0 Å². The third-order valence-corrected chi connectivity index (χ3v) is 1.09. The van der Waals surface area contributed by atoms with E-state index in [0.717, 1.165) is 6.54 Å². The molecule has 0 heterocycles. The molecule has 0 aliphatic heterocycles. The maximum atomic E-state index is 3.19. The molecule has 0 saturated carbocycles. The summed E-state index contributed by atoms with van der Waals surface area (Å²) < 4.78 is 0. The van der Waals surface area contributed by atoms with Crippen molar-refractivity contribution in [2.24, 2.45) is 0 Å². The van der Waals surface area contributed by atoms with Crippen LogP contribution in [-0.4, -0.2) is 6.54 Å². The Morgan fingerprint density at radius 1 is 1.22 bits per heavy atom. The second-order valence-electron chi connectivity index (χ2n) is 2.15. The van der Waals surface area contributed by atoms with Crippen molar-refractivity contribution in [2.75, 3.05) is 6.54 Å².